The summed E-state index contributed by atoms with van der Waals surface area (Å²) in [7, 11) is -3.54. The van der Waals surface area contributed by atoms with E-state index in [-0.39, 0.29) is 11.4 Å². The van der Waals surface area contributed by atoms with Crippen molar-refractivity contribution in [1.82, 2.24) is 19.3 Å². The highest BCUT2D eigenvalue weighted by Crippen LogP contribution is 2.21. The van der Waals surface area contributed by atoms with Crippen LogP contribution in [0.15, 0.2) is 63.3 Å². The molecule has 0 aliphatic heterocycles. The molecule has 0 aliphatic rings. The summed E-state index contributed by atoms with van der Waals surface area (Å²) in [5.41, 5.74) is 3.07. The third-order valence-electron chi connectivity index (χ3n) is 4.26. The van der Waals surface area contributed by atoms with Crippen molar-refractivity contribution in [3.63, 3.8) is 0 Å². The van der Waals surface area contributed by atoms with Crippen LogP contribution in [0.2, 0.25) is 0 Å². The molecular formula is C19H17BrN4O2S2. The standard InChI is InChI=1S/C19H17BrN4O2S2/c1-13-2-4-14(5-3-13)18-22-19-24(23-18)16(12-27-19)10-11-21-28(25,26)17-8-6-15(20)7-9-17/h2-9,12,21H,10-11H2,1H3. The minimum atomic E-state index is -3.54. The van der Waals surface area contributed by atoms with E-state index in [0.717, 1.165) is 20.7 Å². The Kier molecular flexibility index (Phi) is 5.33. The molecule has 144 valence electrons. The fourth-order valence-corrected chi connectivity index (χ4v) is 4.88. The smallest absolute Gasteiger partial charge is 0.211 e. The Hall–Kier alpha value is -2.07. The van der Waals surface area contributed by atoms with Crippen LogP contribution >= 0.6 is 27.3 Å². The number of fused-ring (bicyclic) bond motifs is 1. The molecule has 0 spiro atoms. The van der Waals surface area contributed by atoms with Gasteiger partial charge in [0.1, 0.15) is 0 Å². The molecule has 0 fully saturated rings. The molecule has 2 heterocycles. The van der Waals surface area contributed by atoms with Gasteiger partial charge in [0.05, 0.1) is 10.6 Å². The molecule has 0 atom stereocenters. The summed E-state index contributed by atoms with van der Waals surface area (Å²) in [4.78, 5) is 5.61. The minimum Gasteiger partial charge on any atom is -0.211 e. The van der Waals surface area contributed by atoms with Crippen molar-refractivity contribution in [2.75, 3.05) is 6.54 Å². The molecule has 28 heavy (non-hydrogen) atoms. The Bertz CT molecular complexity index is 1210. The minimum absolute atomic E-state index is 0.244. The van der Waals surface area contributed by atoms with Gasteiger partial charge in [-0.15, -0.1) is 16.4 Å². The van der Waals surface area contributed by atoms with Gasteiger partial charge in [0.25, 0.3) is 0 Å². The molecule has 0 saturated heterocycles. The second-order valence-electron chi connectivity index (χ2n) is 6.32. The lowest BCUT2D eigenvalue weighted by molar-refractivity contribution is 0.581. The van der Waals surface area contributed by atoms with Gasteiger partial charge in [0, 0.05) is 28.4 Å². The molecule has 2 aromatic heterocycles. The predicted octanol–water partition coefficient (Wildman–Crippen LogP) is 4.05. The summed E-state index contributed by atoms with van der Waals surface area (Å²) in [6.45, 7) is 2.32. The number of aryl methyl sites for hydroxylation is 1. The van der Waals surface area contributed by atoms with Crippen LogP contribution in [0.1, 0.15) is 11.3 Å². The summed E-state index contributed by atoms with van der Waals surface area (Å²) < 4.78 is 30.1. The van der Waals surface area contributed by atoms with Crippen molar-refractivity contribution >= 4 is 42.3 Å². The lowest BCUT2D eigenvalue weighted by atomic mass is 10.1. The quantitative estimate of drug-likeness (QED) is 0.455. The van der Waals surface area contributed by atoms with E-state index in [2.05, 4.69) is 30.7 Å². The molecule has 2 aromatic carbocycles. The average Bonchev–Trinajstić information content (AvgIpc) is 3.24. The Morgan fingerprint density at radius 2 is 1.82 bits per heavy atom. The highest BCUT2D eigenvalue weighted by Gasteiger charge is 2.15. The SMILES string of the molecule is Cc1ccc(-c2nc3scc(CCNS(=O)(=O)c4ccc(Br)cc4)n3n2)cc1. The van der Waals surface area contributed by atoms with Crippen LogP contribution in [0, 0.1) is 6.92 Å². The van der Waals surface area contributed by atoms with Gasteiger partial charge >= 0.3 is 0 Å². The number of thiazole rings is 1. The van der Waals surface area contributed by atoms with E-state index in [9.17, 15) is 8.42 Å². The van der Waals surface area contributed by atoms with Crippen LogP contribution in [0.3, 0.4) is 0 Å². The van der Waals surface area contributed by atoms with Gasteiger partial charge in [-0.3, -0.25) is 0 Å². The highest BCUT2D eigenvalue weighted by molar-refractivity contribution is 9.10. The second kappa shape index (κ2) is 7.75. The number of aromatic nitrogens is 3. The zero-order chi connectivity index (χ0) is 19.7. The molecule has 0 saturated carbocycles. The first-order valence-electron chi connectivity index (χ1n) is 8.58. The first-order valence-corrected chi connectivity index (χ1v) is 11.7. The maximum absolute atomic E-state index is 12.4. The van der Waals surface area contributed by atoms with Crippen LogP contribution in [0.4, 0.5) is 0 Å². The third-order valence-corrected chi connectivity index (χ3v) is 7.13. The van der Waals surface area contributed by atoms with Gasteiger partial charge in [0.15, 0.2) is 5.82 Å². The lowest BCUT2D eigenvalue weighted by Crippen LogP contribution is -2.26. The molecule has 0 bridgehead atoms. The van der Waals surface area contributed by atoms with E-state index in [0.29, 0.717) is 12.2 Å². The lowest BCUT2D eigenvalue weighted by Gasteiger charge is -2.06. The van der Waals surface area contributed by atoms with E-state index < -0.39 is 10.0 Å². The molecule has 0 radical (unpaired) electrons. The summed E-state index contributed by atoms with van der Waals surface area (Å²) in [6, 6.07) is 14.6. The van der Waals surface area contributed by atoms with Crippen LogP contribution < -0.4 is 4.72 Å². The van der Waals surface area contributed by atoms with Crippen molar-refractivity contribution in [3.05, 3.63) is 69.6 Å². The number of hydrogen-bond donors (Lipinski definition) is 1. The van der Waals surface area contributed by atoms with Crippen LogP contribution in [0.5, 0.6) is 0 Å². The normalized spacial score (nSPS) is 11.9. The summed E-state index contributed by atoms with van der Waals surface area (Å²) in [6.07, 6.45) is 0.520. The predicted molar refractivity (Wildman–Crippen MR) is 114 cm³/mol. The summed E-state index contributed by atoms with van der Waals surface area (Å²) in [5.74, 6) is 0.670. The van der Waals surface area contributed by atoms with Crippen molar-refractivity contribution in [2.45, 2.75) is 18.2 Å². The largest absolute Gasteiger partial charge is 0.240 e. The van der Waals surface area contributed by atoms with E-state index in [1.54, 1.807) is 28.8 Å². The van der Waals surface area contributed by atoms with Gasteiger partial charge in [-0.05, 0) is 31.2 Å². The van der Waals surface area contributed by atoms with Crippen LogP contribution in [-0.4, -0.2) is 29.6 Å². The molecule has 0 aliphatic carbocycles. The number of benzene rings is 2. The second-order valence-corrected chi connectivity index (χ2v) is 9.84. The van der Waals surface area contributed by atoms with E-state index in [1.165, 1.54) is 16.9 Å². The first-order chi connectivity index (χ1) is 13.4. The molecule has 9 heteroatoms. The zero-order valence-corrected chi connectivity index (χ0v) is 18.2. The molecular weight excluding hydrogens is 460 g/mol. The van der Waals surface area contributed by atoms with Gasteiger partial charge < -0.3 is 0 Å². The average molecular weight is 477 g/mol. The van der Waals surface area contributed by atoms with Crippen molar-refractivity contribution < 1.29 is 8.42 Å². The molecule has 0 amide bonds. The fraction of sp³-hybridized carbons (Fsp3) is 0.158. The fourth-order valence-electron chi connectivity index (χ4n) is 2.73. The molecule has 4 rings (SSSR count). The van der Waals surface area contributed by atoms with Crippen LogP contribution in [-0.2, 0) is 16.4 Å². The van der Waals surface area contributed by atoms with Crippen molar-refractivity contribution in [3.8, 4) is 11.4 Å². The number of hydrogen-bond acceptors (Lipinski definition) is 5. The van der Waals surface area contributed by atoms with Crippen molar-refractivity contribution in [2.24, 2.45) is 0 Å². The highest BCUT2D eigenvalue weighted by atomic mass is 79.9. The number of halogens is 1. The Morgan fingerprint density at radius 3 is 2.54 bits per heavy atom. The van der Waals surface area contributed by atoms with E-state index in [4.69, 9.17) is 0 Å². The van der Waals surface area contributed by atoms with Gasteiger partial charge in [-0.2, -0.15) is 4.98 Å². The van der Waals surface area contributed by atoms with Gasteiger partial charge in [-0.25, -0.2) is 17.7 Å². The van der Waals surface area contributed by atoms with E-state index in [1.807, 2.05) is 36.6 Å². The van der Waals surface area contributed by atoms with Gasteiger partial charge in [-0.1, -0.05) is 45.8 Å². The number of nitrogens with one attached hydrogen (secondary N) is 1. The topological polar surface area (TPSA) is 76.4 Å². The number of nitrogens with zero attached hydrogens (tertiary/aromatic N) is 3. The Balaban J connectivity index is 1.48. The first kappa shape index (κ1) is 19.3. The third kappa shape index (κ3) is 4.02. The van der Waals surface area contributed by atoms with Crippen LogP contribution in [0.25, 0.3) is 16.3 Å². The Labute approximate surface area is 175 Å². The summed E-state index contributed by atoms with van der Waals surface area (Å²) in [5, 5.41) is 6.55. The zero-order valence-electron chi connectivity index (χ0n) is 15.0. The summed E-state index contributed by atoms with van der Waals surface area (Å²) >= 11 is 4.80. The molecule has 6 nitrogen and oxygen atoms in total. The maximum atomic E-state index is 12.4. The van der Waals surface area contributed by atoms with Gasteiger partial charge in [0.2, 0.25) is 15.0 Å². The maximum Gasteiger partial charge on any atom is 0.240 e. The van der Waals surface area contributed by atoms with E-state index >= 15 is 0 Å². The number of sulfonamides is 1. The molecule has 0 unspecified atom stereocenters. The van der Waals surface area contributed by atoms with Crippen molar-refractivity contribution in [1.29, 1.82) is 0 Å². The number of rotatable bonds is 6. The molecule has 1 N–H and O–H groups in total. The molecule has 4 aromatic rings. The monoisotopic (exact) mass is 476 g/mol. The Morgan fingerprint density at radius 1 is 1.11 bits per heavy atom.